The summed E-state index contributed by atoms with van der Waals surface area (Å²) in [7, 11) is 0. The van der Waals surface area contributed by atoms with Gasteiger partial charge < -0.3 is 10.6 Å². The van der Waals surface area contributed by atoms with Crippen LogP contribution in [0, 0.1) is 6.92 Å². The van der Waals surface area contributed by atoms with E-state index in [0.29, 0.717) is 11.3 Å². The number of anilines is 2. The third-order valence-corrected chi connectivity index (χ3v) is 2.90. The Bertz CT molecular complexity index is 561. The van der Waals surface area contributed by atoms with Crippen molar-refractivity contribution in [1.29, 1.82) is 0 Å². The van der Waals surface area contributed by atoms with Gasteiger partial charge in [-0.3, -0.25) is 9.78 Å². The molecule has 1 heterocycles. The first-order valence-electron chi connectivity index (χ1n) is 6.77. The summed E-state index contributed by atoms with van der Waals surface area (Å²) in [4.78, 5) is 16.2. The molecule has 0 saturated carbocycles. The molecule has 0 unspecified atom stereocenters. The number of hydrogen-bond donors (Lipinski definition) is 2. The first-order valence-corrected chi connectivity index (χ1v) is 6.77. The number of rotatable bonds is 5. The number of carbonyl (C=O) groups is 1. The molecule has 1 amide bonds. The average molecular weight is 269 g/mol. The normalized spacial score (nSPS) is 10.1. The Morgan fingerprint density at radius 3 is 2.40 bits per heavy atom. The van der Waals surface area contributed by atoms with Crippen LogP contribution < -0.4 is 10.6 Å². The van der Waals surface area contributed by atoms with Crippen molar-refractivity contribution >= 4 is 17.3 Å². The van der Waals surface area contributed by atoms with Crippen molar-refractivity contribution in [3.05, 3.63) is 53.9 Å². The third-order valence-electron chi connectivity index (χ3n) is 2.90. The summed E-state index contributed by atoms with van der Waals surface area (Å²) in [5, 5.41) is 6.10. The Hall–Kier alpha value is -2.36. The maximum Gasteiger partial charge on any atom is 0.255 e. The van der Waals surface area contributed by atoms with Crippen LogP contribution >= 0.6 is 0 Å². The lowest BCUT2D eigenvalue weighted by atomic mass is 10.2. The molecule has 0 aliphatic carbocycles. The van der Waals surface area contributed by atoms with Crippen LogP contribution in [0.3, 0.4) is 0 Å². The molecule has 104 valence electrons. The fourth-order valence-electron chi connectivity index (χ4n) is 1.75. The third kappa shape index (κ3) is 3.82. The van der Waals surface area contributed by atoms with Gasteiger partial charge in [-0.05, 0) is 49.7 Å². The molecule has 2 aromatic rings. The lowest BCUT2D eigenvalue weighted by Crippen LogP contribution is -2.12. The van der Waals surface area contributed by atoms with E-state index in [0.717, 1.165) is 24.3 Å². The number of aromatic nitrogens is 1. The summed E-state index contributed by atoms with van der Waals surface area (Å²) in [6, 6.07) is 11.2. The Labute approximate surface area is 119 Å². The Morgan fingerprint density at radius 1 is 1.10 bits per heavy atom. The van der Waals surface area contributed by atoms with Gasteiger partial charge in [0.15, 0.2) is 0 Å². The molecule has 0 saturated heterocycles. The van der Waals surface area contributed by atoms with Gasteiger partial charge in [0.05, 0.1) is 11.9 Å². The number of benzene rings is 1. The minimum Gasteiger partial charge on any atom is -0.385 e. The van der Waals surface area contributed by atoms with Gasteiger partial charge in [-0.25, -0.2) is 0 Å². The highest BCUT2D eigenvalue weighted by atomic mass is 16.1. The second-order valence-electron chi connectivity index (χ2n) is 4.65. The van der Waals surface area contributed by atoms with Crippen LogP contribution in [0.2, 0.25) is 0 Å². The highest BCUT2D eigenvalue weighted by molar-refractivity contribution is 6.04. The standard InChI is InChI=1S/C16H19N3O/c1-3-10-17-14-8-5-13(6-9-14)16(20)19-15-7-4-12(2)18-11-15/h4-9,11,17H,3,10H2,1-2H3,(H,19,20). The number of amides is 1. The van der Waals surface area contributed by atoms with Gasteiger partial charge in [0.2, 0.25) is 0 Å². The molecule has 20 heavy (non-hydrogen) atoms. The molecule has 2 rings (SSSR count). The fourth-order valence-corrected chi connectivity index (χ4v) is 1.75. The van der Waals surface area contributed by atoms with Crippen molar-refractivity contribution in [1.82, 2.24) is 4.98 Å². The van der Waals surface area contributed by atoms with Gasteiger partial charge in [0.25, 0.3) is 5.91 Å². The van der Waals surface area contributed by atoms with E-state index in [9.17, 15) is 4.79 Å². The second-order valence-corrected chi connectivity index (χ2v) is 4.65. The van der Waals surface area contributed by atoms with Crippen LogP contribution in [-0.4, -0.2) is 17.4 Å². The average Bonchev–Trinajstić information content (AvgIpc) is 2.48. The predicted octanol–water partition coefficient (Wildman–Crippen LogP) is 3.46. The number of carbonyl (C=O) groups excluding carboxylic acids is 1. The Kier molecular flexibility index (Phi) is 4.71. The van der Waals surface area contributed by atoms with Gasteiger partial charge in [0, 0.05) is 23.5 Å². The molecule has 1 aromatic heterocycles. The van der Waals surface area contributed by atoms with E-state index in [1.807, 2.05) is 43.3 Å². The number of hydrogen-bond acceptors (Lipinski definition) is 3. The summed E-state index contributed by atoms with van der Waals surface area (Å²) in [5.74, 6) is -0.127. The van der Waals surface area contributed by atoms with E-state index in [-0.39, 0.29) is 5.91 Å². The van der Waals surface area contributed by atoms with Crippen molar-refractivity contribution in [2.45, 2.75) is 20.3 Å². The molecular formula is C16H19N3O. The molecule has 4 heteroatoms. The van der Waals surface area contributed by atoms with Crippen molar-refractivity contribution < 1.29 is 4.79 Å². The lowest BCUT2D eigenvalue weighted by Gasteiger charge is -2.07. The molecule has 0 spiro atoms. The maximum absolute atomic E-state index is 12.1. The monoisotopic (exact) mass is 269 g/mol. The molecule has 1 aromatic carbocycles. The number of pyridine rings is 1. The van der Waals surface area contributed by atoms with E-state index in [1.54, 1.807) is 6.20 Å². The van der Waals surface area contributed by atoms with Gasteiger partial charge in [-0.15, -0.1) is 0 Å². The van der Waals surface area contributed by atoms with E-state index in [4.69, 9.17) is 0 Å². The highest BCUT2D eigenvalue weighted by Crippen LogP contribution is 2.12. The molecule has 0 aliphatic rings. The number of nitrogens with one attached hydrogen (secondary N) is 2. The van der Waals surface area contributed by atoms with Gasteiger partial charge in [-0.2, -0.15) is 0 Å². The number of nitrogens with zero attached hydrogens (tertiary/aromatic N) is 1. The minimum atomic E-state index is -0.127. The molecule has 0 aliphatic heterocycles. The Morgan fingerprint density at radius 2 is 1.80 bits per heavy atom. The molecule has 0 bridgehead atoms. The van der Waals surface area contributed by atoms with Crippen molar-refractivity contribution in [3.63, 3.8) is 0 Å². The van der Waals surface area contributed by atoms with Crippen LogP contribution in [0.5, 0.6) is 0 Å². The lowest BCUT2D eigenvalue weighted by molar-refractivity contribution is 0.102. The largest absolute Gasteiger partial charge is 0.385 e. The zero-order valence-corrected chi connectivity index (χ0v) is 11.8. The SMILES string of the molecule is CCCNc1ccc(C(=O)Nc2ccc(C)nc2)cc1. The van der Waals surface area contributed by atoms with E-state index < -0.39 is 0 Å². The molecule has 0 atom stereocenters. The molecule has 2 N–H and O–H groups in total. The topological polar surface area (TPSA) is 54.0 Å². The van der Waals surface area contributed by atoms with Gasteiger partial charge >= 0.3 is 0 Å². The van der Waals surface area contributed by atoms with Crippen molar-refractivity contribution in [3.8, 4) is 0 Å². The molecule has 0 fully saturated rings. The van der Waals surface area contributed by atoms with Gasteiger partial charge in [-0.1, -0.05) is 6.92 Å². The van der Waals surface area contributed by atoms with E-state index in [1.165, 1.54) is 0 Å². The summed E-state index contributed by atoms with van der Waals surface area (Å²) in [6.45, 7) is 4.96. The summed E-state index contributed by atoms with van der Waals surface area (Å²) in [6.07, 6.45) is 2.73. The second kappa shape index (κ2) is 6.70. The van der Waals surface area contributed by atoms with Crippen molar-refractivity contribution in [2.24, 2.45) is 0 Å². The molecular weight excluding hydrogens is 250 g/mol. The van der Waals surface area contributed by atoms with Crippen LogP contribution in [0.1, 0.15) is 29.4 Å². The van der Waals surface area contributed by atoms with Crippen LogP contribution in [0.15, 0.2) is 42.6 Å². The van der Waals surface area contributed by atoms with Crippen molar-refractivity contribution in [2.75, 3.05) is 17.2 Å². The Balaban J connectivity index is 2.00. The van der Waals surface area contributed by atoms with Crippen LogP contribution in [0.4, 0.5) is 11.4 Å². The summed E-state index contributed by atoms with van der Waals surface area (Å²) >= 11 is 0. The van der Waals surface area contributed by atoms with E-state index in [2.05, 4.69) is 22.5 Å². The fraction of sp³-hybridized carbons (Fsp3) is 0.250. The smallest absolute Gasteiger partial charge is 0.255 e. The molecule has 4 nitrogen and oxygen atoms in total. The van der Waals surface area contributed by atoms with E-state index >= 15 is 0 Å². The van der Waals surface area contributed by atoms with Crippen LogP contribution in [-0.2, 0) is 0 Å². The minimum absolute atomic E-state index is 0.127. The summed E-state index contributed by atoms with van der Waals surface area (Å²) < 4.78 is 0. The predicted molar refractivity (Wildman–Crippen MR) is 82.1 cm³/mol. The zero-order chi connectivity index (χ0) is 14.4. The highest BCUT2D eigenvalue weighted by Gasteiger charge is 2.06. The van der Waals surface area contributed by atoms with Crippen LogP contribution in [0.25, 0.3) is 0 Å². The maximum atomic E-state index is 12.1. The summed E-state index contributed by atoms with van der Waals surface area (Å²) in [5.41, 5.74) is 3.29. The quantitative estimate of drug-likeness (QED) is 0.874. The first kappa shape index (κ1) is 14.1. The number of aryl methyl sites for hydroxylation is 1. The molecule has 0 radical (unpaired) electrons. The van der Waals surface area contributed by atoms with Gasteiger partial charge in [0.1, 0.15) is 0 Å². The first-order chi connectivity index (χ1) is 9.69. The zero-order valence-electron chi connectivity index (χ0n) is 11.8.